The largest absolute Gasteiger partial charge is 0.310 e. The Kier molecular flexibility index (Phi) is 21.8. The molecule has 2 atom stereocenters. The fraction of sp³-hybridized carbons (Fsp3) is 0.308. The number of hydrogen-bond acceptors (Lipinski definition) is 4. The molecule has 0 aromatic heterocycles. The van der Waals surface area contributed by atoms with Crippen molar-refractivity contribution < 1.29 is 0 Å². The maximum Gasteiger partial charge on any atom is 0.0491 e. The van der Waals surface area contributed by atoms with E-state index >= 15 is 0 Å². The van der Waals surface area contributed by atoms with Gasteiger partial charge < -0.3 is 14.7 Å². The number of hydrogen-bond donors (Lipinski definition) is 0. The van der Waals surface area contributed by atoms with Crippen LogP contribution >= 0.6 is 95.6 Å². The Labute approximate surface area is 730 Å². The van der Waals surface area contributed by atoms with E-state index in [0.717, 1.165) is 67.1 Å². The minimum absolute atomic E-state index is 0.0150. The second kappa shape index (κ2) is 30.4. The molecule has 1 saturated carbocycles. The molecule has 114 heavy (non-hydrogen) atoms. The van der Waals surface area contributed by atoms with Crippen LogP contribution in [-0.2, 0) is 27.3 Å². The van der Waals surface area contributed by atoms with Gasteiger partial charge in [0, 0.05) is 94.5 Å². The summed E-state index contributed by atoms with van der Waals surface area (Å²) in [5, 5.41) is 0. The lowest BCUT2D eigenvalue weighted by Crippen LogP contribution is -2.55. The van der Waals surface area contributed by atoms with Gasteiger partial charge in [-0.1, -0.05) is 212 Å². The molecule has 1 fully saturated rings. The van der Waals surface area contributed by atoms with Crippen molar-refractivity contribution in [1.29, 1.82) is 0 Å². The SMILES string of the molecule is Cc1cc(Br)ccc1N(c1ccc(-c2ccc3c(c2)C2CCC3C2)cc1)c1ccc(Br)cc1C.Cc1cc(N(c2ccc(Br)cc2)c2ccc(Br)cc2)cc(C)c1-c1cc2c3c(c1)C(C)(C)C(C)(C)C3(C)C(C)(C)C2(C)C.Cc1cc(N(c2ccc(Br)cc2)c2ccc(Br)cc2)cc(C)c1-c1ccc2c(c1)C(C)(C)N(C)C2(C)C. The summed E-state index contributed by atoms with van der Waals surface area (Å²) in [5.41, 5.74) is 37.1. The average Bonchev–Trinajstić information content (AvgIpc) is 1.47. The lowest BCUT2D eigenvalue weighted by Gasteiger charge is -2.56. The molecule has 2 bridgehead atoms. The third-order valence-electron chi connectivity index (χ3n) is 28.8. The van der Waals surface area contributed by atoms with E-state index in [2.05, 4.69) is 484 Å². The Morgan fingerprint density at radius 1 is 0.289 bits per heavy atom. The maximum absolute atomic E-state index is 3.63. The van der Waals surface area contributed by atoms with Crippen LogP contribution in [0.3, 0.4) is 0 Å². The highest BCUT2D eigenvalue weighted by Gasteiger charge is 2.72. The standard InChI is InChI=1S/C40H45Br2N.C33H34Br2N2.C31H27Br2N/c1-24-20-31(43(29-16-12-27(41)13-17-29)30-18-14-28(42)15-19-30)21-25(2)34(24)26-22-32-35-33(23-26)37(5,6)39(9,10)40(35,11)38(7,8)36(32,3)4;1-21-18-28(37(26-13-9-24(34)10-14-26)27-15-11-25(35)12-16-27)19-22(2)31(21)23-8-17-29-30(20-23)33(5,6)36(7)32(29,3)4;1-19-15-25(32)8-13-30(19)34(31-14-9-26(33)16-20(31)2)27-10-5-21(6-11-27)22-7-12-28-23-3-4-24(17-23)29(28)18-22/h12-23H,1-11H3;8-20H,1-7H3;5-16,18,23-24H,3-4,17H2,1-2H3. The van der Waals surface area contributed by atoms with E-state index in [4.69, 9.17) is 0 Å². The molecule has 2 unspecified atom stereocenters. The van der Waals surface area contributed by atoms with Gasteiger partial charge in [0.05, 0.1) is 0 Å². The molecule has 0 amide bonds. The highest BCUT2D eigenvalue weighted by atomic mass is 79.9. The van der Waals surface area contributed by atoms with Crippen molar-refractivity contribution in [1.82, 2.24) is 4.90 Å². The van der Waals surface area contributed by atoms with Crippen molar-refractivity contribution in [3.05, 3.63) is 330 Å². The predicted molar refractivity (Wildman–Crippen MR) is 508 cm³/mol. The van der Waals surface area contributed by atoms with Gasteiger partial charge in [-0.3, -0.25) is 4.90 Å². The molecule has 17 rings (SSSR count). The van der Waals surface area contributed by atoms with Gasteiger partial charge in [0.2, 0.25) is 0 Å². The van der Waals surface area contributed by atoms with E-state index in [0.29, 0.717) is 0 Å². The average molecular weight is 1890 g/mol. The molecule has 584 valence electrons. The zero-order valence-corrected chi connectivity index (χ0v) is 79.3. The van der Waals surface area contributed by atoms with E-state index in [1.807, 2.05) is 0 Å². The first-order valence-corrected chi connectivity index (χ1v) is 45.0. The Balaban J connectivity index is 0.000000136. The molecule has 1 aliphatic heterocycles. The van der Waals surface area contributed by atoms with E-state index in [-0.39, 0.29) is 38.2 Å². The minimum atomic E-state index is -0.0173. The molecule has 12 aromatic rings. The highest BCUT2D eigenvalue weighted by Crippen LogP contribution is 2.76. The van der Waals surface area contributed by atoms with Crippen LogP contribution in [0.2, 0.25) is 0 Å². The van der Waals surface area contributed by atoms with E-state index in [1.165, 1.54) is 120 Å². The molecule has 0 N–H and O–H groups in total. The Morgan fingerprint density at radius 2 is 0.623 bits per heavy atom. The van der Waals surface area contributed by atoms with Crippen LogP contribution in [-0.4, -0.2) is 11.9 Å². The van der Waals surface area contributed by atoms with Crippen LogP contribution in [0.15, 0.2) is 257 Å². The Hall–Kier alpha value is -7.12. The van der Waals surface area contributed by atoms with Crippen molar-refractivity contribution in [3.8, 4) is 33.4 Å². The van der Waals surface area contributed by atoms with Crippen molar-refractivity contribution in [2.24, 2.45) is 10.8 Å². The van der Waals surface area contributed by atoms with E-state index in [9.17, 15) is 0 Å². The first-order chi connectivity index (χ1) is 53.8. The molecule has 4 nitrogen and oxygen atoms in total. The zero-order valence-electron chi connectivity index (χ0n) is 69.8. The Bertz CT molecular complexity index is 5490. The number of fused-ring (bicyclic) bond motifs is 6. The van der Waals surface area contributed by atoms with Gasteiger partial charge in [-0.15, -0.1) is 0 Å². The van der Waals surface area contributed by atoms with Crippen LogP contribution < -0.4 is 14.7 Å². The first-order valence-electron chi connectivity index (χ1n) is 40.3. The zero-order chi connectivity index (χ0) is 81.6. The summed E-state index contributed by atoms with van der Waals surface area (Å²) in [6.07, 6.45) is 4.12. The second-order valence-electron chi connectivity index (χ2n) is 36.3. The summed E-state index contributed by atoms with van der Waals surface area (Å²) >= 11 is 21.7. The van der Waals surface area contributed by atoms with Crippen LogP contribution in [0, 0.1) is 52.4 Å². The topological polar surface area (TPSA) is 13.0 Å². The monoisotopic (exact) mass is 1880 g/mol. The number of anilines is 9. The number of nitrogens with zero attached hydrogens (tertiary/aromatic N) is 4. The van der Waals surface area contributed by atoms with Gasteiger partial charge in [0.1, 0.15) is 0 Å². The molecule has 0 spiro atoms. The smallest absolute Gasteiger partial charge is 0.0491 e. The summed E-state index contributed by atoms with van der Waals surface area (Å²) in [4.78, 5) is 9.54. The summed E-state index contributed by atoms with van der Waals surface area (Å²) in [7, 11) is 2.24. The molecule has 5 aliphatic rings. The summed E-state index contributed by atoms with van der Waals surface area (Å²) < 4.78 is 6.50. The lowest BCUT2D eigenvalue weighted by molar-refractivity contribution is -0.0105. The number of benzene rings is 12. The van der Waals surface area contributed by atoms with Crippen LogP contribution in [0.5, 0.6) is 0 Å². The quantitative estimate of drug-likeness (QED) is 0.121. The second-order valence-corrected chi connectivity index (χ2v) is 41.8. The summed E-state index contributed by atoms with van der Waals surface area (Å²) in [6.45, 7) is 45.3. The fourth-order valence-corrected chi connectivity index (χ4v) is 22.7. The van der Waals surface area contributed by atoms with Crippen molar-refractivity contribution in [2.45, 2.75) is 190 Å². The van der Waals surface area contributed by atoms with Gasteiger partial charge in [0.15, 0.2) is 0 Å². The summed E-state index contributed by atoms with van der Waals surface area (Å²) in [5.74, 6) is 1.60. The molecule has 0 saturated heterocycles. The third-order valence-corrected chi connectivity index (χ3v) is 31.9. The molecule has 4 aliphatic carbocycles. The normalized spacial score (nSPS) is 18.1. The minimum Gasteiger partial charge on any atom is -0.310 e. The van der Waals surface area contributed by atoms with Crippen LogP contribution in [0.25, 0.3) is 33.4 Å². The van der Waals surface area contributed by atoms with Crippen molar-refractivity contribution >= 4 is 147 Å². The Morgan fingerprint density at radius 3 is 1.03 bits per heavy atom. The highest BCUT2D eigenvalue weighted by molar-refractivity contribution is 9.11. The van der Waals surface area contributed by atoms with Gasteiger partial charge >= 0.3 is 0 Å². The number of halogens is 6. The van der Waals surface area contributed by atoms with Crippen molar-refractivity contribution in [3.63, 3.8) is 0 Å². The molecular formula is C104H106Br6N4. The van der Waals surface area contributed by atoms with Crippen molar-refractivity contribution in [2.75, 3.05) is 21.7 Å². The predicted octanol–water partition coefficient (Wildman–Crippen LogP) is 33.6. The molecule has 12 aromatic carbocycles. The summed E-state index contributed by atoms with van der Waals surface area (Å²) in [6, 6.07) is 85.0. The number of aryl methyl sites for hydroxylation is 6. The molecule has 10 heteroatoms. The van der Waals surface area contributed by atoms with Gasteiger partial charge in [0.25, 0.3) is 0 Å². The van der Waals surface area contributed by atoms with Crippen LogP contribution in [0.4, 0.5) is 51.2 Å². The molecule has 1 heterocycles. The third kappa shape index (κ3) is 13.8. The van der Waals surface area contributed by atoms with Gasteiger partial charge in [-0.25, -0.2) is 0 Å². The van der Waals surface area contributed by atoms with E-state index in [1.54, 1.807) is 27.8 Å². The number of rotatable bonds is 12. The van der Waals surface area contributed by atoms with Gasteiger partial charge in [-0.2, -0.15) is 0 Å². The first kappa shape index (κ1) is 82.0. The fourth-order valence-electron chi connectivity index (χ4n) is 20.7. The molecular weight excluding hydrogens is 1780 g/mol. The lowest BCUT2D eigenvalue weighted by atomic mass is 9.47. The molecule has 0 radical (unpaired) electrons. The van der Waals surface area contributed by atoms with Gasteiger partial charge in [-0.05, 0) is 411 Å². The van der Waals surface area contributed by atoms with Crippen LogP contribution in [0.1, 0.15) is 193 Å². The van der Waals surface area contributed by atoms with E-state index < -0.39 is 0 Å². The maximum atomic E-state index is 3.63.